The number of carbonyl (C=O) groups excluding carboxylic acids is 1. The molecule has 0 amide bonds. The van der Waals surface area contributed by atoms with E-state index < -0.39 is 18.0 Å². The van der Waals surface area contributed by atoms with Crippen molar-refractivity contribution in [2.75, 3.05) is 13.4 Å². The van der Waals surface area contributed by atoms with Gasteiger partial charge in [-0.1, -0.05) is 6.92 Å². The number of carbonyl (C=O) groups is 2. The van der Waals surface area contributed by atoms with Gasteiger partial charge in [0.05, 0.1) is 6.61 Å². The molecule has 114 valence electrons. The molecule has 7 heteroatoms. The van der Waals surface area contributed by atoms with Crippen LogP contribution in [-0.4, -0.2) is 36.5 Å². The highest BCUT2D eigenvalue weighted by Gasteiger charge is 2.26. The molecule has 1 heterocycles. The van der Waals surface area contributed by atoms with Crippen molar-refractivity contribution in [3.63, 3.8) is 0 Å². The maximum Gasteiger partial charge on any atom is 0.347 e. The zero-order valence-corrected chi connectivity index (χ0v) is 11.8. The molecule has 1 unspecified atom stereocenters. The number of rotatable bonds is 6. The summed E-state index contributed by atoms with van der Waals surface area (Å²) < 4.78 is 20.7. The predicted molar refractivity (Wildman–Crippen MR) is 70.9 cm³/mol. The van der Waals surface area contributed by atoms with Crippen LogP contribution in [0.4, 0.5) is 0 Å². The molecule has 1 atom stereocenters. The van der Waals surface area contributed by atoms with E-state index in [0.717, 1.165) is 0 Å². The molecular weight excluding hydrogens is 280 g/mol. The summed E-state index contributed by atoms with van der Waals surface area (Å²) in [5.41, 5.74) is -0.0954. The molecule has 0 radical (unpaired) electrons. The molecule has 0 aliphatic carbocycles. The van der Waals surface area contributed by atoms with Crippen LogP contribution in [0.1, 0.15) is 30.6 Å². The van der Waals surface area contributed by atoms with E-state index in [9.17, 15) is 14.7 Å². The van der Waals surface area contributed by atoms with E-state index in [1.54, 1.807) is 13.8 Å². The minimum absolute atomic E-state index is 0.0208. The predicted octanol–water partition coefficient (Wildman–Crippen LogP) is 1.83. The number of esters is 1. The Bertz CT molecular complexity index is 552. The number of fused-ring (bicyclic) bond motifs is 1. The minimum Gasteiger partial charge on any atom is -0.478 e. The lowest BCUT2D eigenvalue weighted by atomic mass is 10.1. The van der Waals surface area contributed by atoms with Gasteiger partial charge in [0.2, 0.25) is 6.79 Å². The van der Waals surface area contributed by atoms with Crippen molar-refractivity contribution in [2.45, 2.75) is 26.4 Å². The third-order valence-corrected chi connectivity index (χ3v) is 2.89. The van der Waals surface area contributed by atoms with Crippen molar-refractivity contribution in [1.29, 1.82) is 0 Å². The van der Waals surface area contributed by atoms with Gasteiger partial charge in [0.25, 0.3) is 0 Å². The van der Waals surface area contributed by atoms with Crippen molar-refractivity contribution in [3.05, 3.63) is 17.7 Å². The smallest absolute Gasteiger partial charge is 0.347 e. The Kier molecular flexibility index (Phi) is 4.52. The van der Waals surface area contributed by atoms with Crippen LogP contribution in [0.2, 0.25) is 0 Å². The van der Waals surface area contributed by atoms with Crippen molar-refractivity contribution < 1.29 is 33.6 Å². The number of hydrogen-bond acceptors (Lipinski definition) is 6. The molecule has 21 heavy (non-hydrogen) atoms. The lowest BCUT2D eigenvalue weighted by molar-refractivity contribution is -0.151. The Morgan fingerprint density at radius 1 is 1.29 bits per heavy atom. The summed E-state index contributed by atoms with van der Waals surface area (Å²) in [6, 6.07) is 2.73. The first-order valence-corrected chi connectivity index (χ1v) is 6.57. The zero-order valence-electron chi connectivity index (χ0n) is 11.8. The summed E-state index contributed by atoms with van der Waals surface area (Å²) >= 11 is 0. The summed E-state index contributed by atoms with van der Waals surface area (Å²) in [7, 11) is 0. The van der Waals surface area contributed by atoms with E-state index in [4.69, 9.17) is 18.9 Å². The molecule has 1 aliphatic heterocycles. The second-order valence-electron chi connectivity index (χ2n) is 4.27. The van der Waals surface area contributed by atoms with E-state index >= 15 is 0 Å². The van der Waals surface area contributed by atoms with Gasteiger partial charge in [-0.3, -0.25) is 0 Å². The first-order valence-electron chi connectivity index (χ1n) is 6.57. The number of carboxylic acid groups (broad SMARTS) is 1. The molecule has 7 nitrogen and oxygen atoms in total. The van der Waals surface area contributed by atoms with Gasteiger partial charge in [-0.15, -0.1) is 0 Å². The average Bonchev–Trinajstić information content (AvgIpc) is 2.90. The van der Waals surface area contributed by atoms with Gasteiger partial charge in [-0.05, 0) is 13.3 Å². The first-order chi connectivity index (χ1) is 10.1. The first kappa shape index (κ1) is 15.0. The third-order valence-electron chi connectivity index (χ3n) is 2.89. The van der Waals surface area contributed by atoms with E-state index in [1.807, 2.05) is 0 Å². The zero-order chi connectivity index (χ0) is 15.4. The number of ether oxygens (including phenoxy) is 4. The lowest BCUT2D eigenvalue weighted by Gasteiger charge is -2.17. The Labute approximate surface area is 121 Å². The van der Waals surface area contributed by atoms with E-state index in [-0.39, 0.29) is 24.7 Å². The van der Waals surface area contributed by atoms with Gasteiger partial charge >= 0.3 is 11.9 Å². The number of hydrogen-bond donors (Lipinski definition) is 1. The second kappa shape index (κ2) is 6.34. The topological polar surface area (TPSA) is 91.3 Å². The molecule has 1 aliphatic rings. The molecule has 0 bridgehead atoms. The van der Waals surface area contributed by atoms with Crippen molar-refractivity contribution >= 4 is 11.9 Å². The lowest BCUT2D eigenvalue weighted by Crippen LogP contribution is -2.29. The fourth-order valence-corrected chi connectivity index (χ4v) is 1.87. The van der Waals surface area contributed by atoms with Gasteiger partial charge in [-0.25, -0.2) is 9.59 Å². The van der Waals surface area contributed by atoms with Crippen LogP contribution < -0.4 is 14.2 Å². The summed E-state index contributed by atoms with van der Waals surface area (Å²) in [5, 5.41) is 9.23. The highest BCUT2D eigenvalue weighted by molar-refractivity contribution is 5.92. The molecule has 1 N–H and O–H groups in total. The maximum absolute atomic E-state index is 11.7. The van der Waals surface area contributed by atoms with Gasteiger partial charge in [0.15, 0.2) is 17.6 Å². The molecule has 0 spiro atoms. The Balaban J connectivity index is 2.29. The van der Waals surface area contributed by atoms with Crippen molar-refractivity contribution in [3.8, 4) is 17.2 Å². The fraction of sp³-hybridized carbons (Fsp3) is 0.429. The molecule has 1 aromatic carbocycles. The number of carboxylic acids is 1. The number of benzene rings is 1. The van der Waals surface area contributed by atoms with Crippen LogP contribution in [0.15, 0.2) is 12.1 Å². The molecule has 0 saturated carbocycles. The normalized spacial score (nSPS) is 13.6. The Morgan fingerprint density at radius 3 is 2.52 bits per heavy atom. The second-order valence-corrected chi connectivity index (χ2v) is 4.27. The SMILES string of the molecule is CCOC(=O)C(CC)Oc1cc2c(cc1C(=O)O)OCO2. The van der Waals surface area contributed by atoms with Crippen LogP contribution in [0.25, 0.3) is 0 Å². The van der Waals surface area contributed by atoms with Crippen LogP contribution in [-0.2, 0) is 9.53 Å². The van der Waals surface area contributed by atoms with Gasteiger partial charge in [0.1, 0.15) is 11.3 Å². The Hall–Kier alpha value is -2.44. The van der Waals surface area contributed by atoms with Crippen LogP contribution in [0, 0.1) is 0 Å². The molecule has 2 rings (SSSR count). The largest absolute Gasteiger partial charge is 0.478 e. The maximum atomic E-state index is 11.7. The van der Waals surface area contributed by atoms with E-state index in [1.165, 1.54) is 12.1 Å². The molecule has 0 saturated heterocycles. The summed E-state index contributed by atoms with van der Waals surface area (Å²) in [4.78, 5) is 23.0. The fourth-order valence-electron chi connectivity index (χ4n) is 1.87. The monoisotopic (exact) mass is 296 g/mol. The van der Waals surface area contributed by atoms with E-state index in [2.05, 4.69) is 0 Å². The molecule has 0 aromatic heterocycles. The summed E-state index contributed by atoms with van der Waals surface area (Å²) in [5.74, 6) is -0.944. The molecular formula is C14H16O7. The average molecular weight is 296 g/mol. The quantitative estimate of drug-likeness (QED) is 0.801. The highest BCUT2D eigenvalue weighted by atomic mass is 16.7. The van der Waals surface area contributed by atoms with Crippen molar-refractivity contribution in [1.82, 2.24) is 0 Å². The molecule has 0 fully saturated rings. The van der Waals surface area contributed by atoms with Gasteiger partial charge in [-0.2, -0.15) is 0 Å². The summed E-state index contributed by atoms with van der Waals surface area (Å²) in [6.07, 6.45) is -0.518. The van der Waals surface area contributed by atoms with Gasteiger partial charge in [0, 0.05) is 12.1 Å². The summed E-state index contributed by atoms with van der Waals surface area (Å²) in [6.45, 7) is 3.68. The van der Waals surface area contributed by atoms with Crippen LogP contribution >= 0.6 is 0 Å². The van der Waals surface area contributed by atoms with Crippen LogP contribution in [0.5, 0.6) is 17.2 Å². The highest BCUT2D eigenvalue weighted by Crippen LogP contribution is 2.38. The standard InChI is InChI=1S/C14H16O7/c1-3-9(14(17)18-4-2)21-10-6-12-11(19-7-20-12)5-8(10)13(15)16/h5-6,9H,3-4,7H2,1-2H3,(H,15,16). The number of aromatic carboxylic acids is 1. The molecule has 1 aromatic rings. The minimum atomic E-state index is -1.18. The van der Waals surface area contributed by atoms with Gasteiger partial charge < -0.3 is 24.1 Å². The third kappa shape index (κ3) is 3.18. The van der Waals surface area contributed by atoms with E-state index in [0.29, 0.717) is 17.9 Å². The Morgan fingerprint density at radius 2 is 1.95 bits per heavy atom. The van der Waals surface area contributed by atoms with Crippen molar-refractivity contribution in [2.24, 2.45) is 0 Å². The van der Waals surface area contributed by atoms with Crippen LogP contribution in [0.3, 0.4) is 0 Å².